The predicted octanol–water partition coefficient (Wildman–Crippen LogP) is 0.338. The summed E-state index contributed by atoms with van der Waals surface area (Å²) in [4.78, 5) is 8.36. The van der Waals surface area contributed by atoms with E-state index >= 15 is 0 Å². The largest absolute Gasteiger partial charge is 0.483 e. The first-order chi connectivity index (χ1) is 6.70. The molecular formula is C10H12O4. The highest BCUT2D eigenvalue weighted by Gasteiger charge is 2.28. The molecule has 4 nitrogen and oxygen atoms in total. The first-order valence-electron chi connectivity index (χ1n) is 4.22. The number of aliphatic hydroxyl groups is 2. The van der Waals surface area contributed by atoms with E-state index in [0.717, 1.165) is 11.1 Å². The Hall–Kier alpha value is -1.39. The number of benzene rings is 1. The van der Waals surface area contributed by atoms with Gasteiger partial charge in [-0.1, -0.05) is 24.3 Å². The first-order valence-corrected chi connectivity index (χ1v) is 4.22. The van der Waals surface area contributed by atoms with Gasteiger partial charge >= 0.3 is 0 Å². The second-order valence-corrected chi connectivity index (χ2v) is 3.02. The summed E-state index contributed by atoms with van der Waals surface area (Å²) in [5.74, 6) is 0. The standard InChI is InChI=1S/C9H10O2.CH2O2/c10-8-5-6-3-1-2-4-7(6)9(8)11;2-1-3/h1-4,8-11H,5H2;1H,(H,2,3). The molecule has 4 heteroatoms. The van der Waals surface area contributed by atoms with Gasteiger partial charge in [-0.25, -0.2) is 0 Å². The maximum absolute atomic E-state index is 9.40. The first kappa shape index (κ1) is 10.7. The smallest absolute Gasteiger partial charge is 0.290 e. The third kappa shape index (κ3) is 2.10. The highest BCUT2D eigenvalue weighted by atomic mass is 16.3. The van der Waals surface area contributed by atoms with Crippen molar-refractivity contribution in [1.82, 2.24) is 0 Å². The Morgan fingerprint density at radius 3 is 2.43 bits per heavy atom. The van der Waals surface area contributed by atoms with Crippen LogP contribution in [-0.2, 0) is 11.2 Å². The molecule has 2 unspecified atom stereocenters. The molecule has 1 aromatic rings. The molecule has 2 atom stereocenters. The Morgan fingerprint density at radius 2 is 1.86 bits per heavy atom. The highest BCUT2D eigenvalue weighted by Crippen LogP contribution is 2.30. The summed E-state index contributed by atoms with van der Waals surface area (Å²) < 4.78 is 0. The van der Waals surface area contributed by atoms with Crippen LogP contribution in [0.4, 0.5) is 0 Å². The van der Waals surface area contributed by atoms with Gasteiger partial charge < -0.3 is 15.3 Å². The minimum atomic E-state index is -0.675. The Labute approximate surface area is 81.4 Å². The Morgan fingerprint density at radius 1 is 1.29 bits per heavy atom. The molecule has 14 heavy (non-hydrogen) atoms. The van der Waals surface area contributed by atoms with Gasteiger partial charge in [-0.2, -0.15) is 0 Å². The molecule has 0 radical (unpaired) electrons. The molecular weight excluding hydrogens is 184 g/mol. The Balaban J connectivity index is 0.000000293. The number of carboxylic acid groups (broad SMARTS) is 1. The van der Waals surface area contributed by atoms with E-state index in [1.165, 1.54) is 0 Å². The summed E-state index contributed by atoms with van der Waals surface area (Å²) in [7, 11) is 0. The van der Waals surface area contributed by atoms with E-state index < -0.39 is 12.2 Å². The molecule has 0 aliphatic heterocycles. The molecule has 76 valence electrons. The average Bonchev–Trinajstić information content (AvgIpc) is 2.45. The number of rotatable bonds is 0. The second kappa shape index (κ2) is 4.74. The number of hydrogen-bond acceptors (Lipinski definition) is 3. The lowest BCUT2D eigenvalue weighted by Crippen LogP contribution is -2.11. The molecule has 1 aromatic carbocycles. The third-order valence-corrected chi connectivity index (χ3v) is 2.17. The lowest BCUT2D eigenvalue weighted by molar-refractivity contribution is -0.122. The van der Waals surface area contributed by atoms with Crippen LogP contribution in [0, 0.1) is 0 Å². The molecule has 0 fully saturated rings. The SMILES string of the molecule is O=CO.OC1Cc2ccccc2C1O. The summed E-state index contributed by atoms with van der Waals surface area (Å²) in [6, 6.07) is 7.59. The predicted molar refractivity (Wildman–Crippen MR) is 49.8 cm³/mol. The van der Waals surface area contributed by atoms with Crippen molar-refractivity contribution < 1.29 is 20.1 Å². The van der Waals surface area contributed by atoms with E-state index in [9.17, 15) is 10.2 Å². The van der Waals surface area contributed by atoms with E-state index in [0.29, 0.717) is 6.42 Å². The minimum Gasteiger partial charge on any atom is -0.483 e. The zero-order valence-corrected chi connectivity index (χ0v) is 7.50. The maximum Gasteiger partial charge on any atom is 0.290 e. The van der Waals surface area contributed by atoms with Gasteiger partial charge in [0.25, 0.3) is 6.47 Å². The Kier molecular flexibility index (Phi) is 3.62. The topological polar surface area (TPSA) is 77.8 Å². The van der Waals surface area contributed by atoms with Crippen molar-refractivity contribution in [2.24, 2.45) is 0 Å². The van der Waals surface area contributed by atoms with Crippen LogP contribution in [0.25, 0.3) is 0 Å². The fourth-order valence-corrected chi connectivity index (χ4v) is 1.55. The highest BCUT2D eigenvalue weighted by molar-refractivity contribution is 5.34. The van der Waals surface area contributed by atoms with Crippen LogP contribution < -0.4 is 0 Å². The van der Waals surface area contributed by atoms with Gasteiger partial charge in [0.2, 0.25) is 0 Å². The van der Waals surface area contributed by atoms with Crippen LogP contribution in [-0.4, -0.2) is 27.9 Å². The maximum atomic E-state index is 9.40. The van der Waals surface area contributed by atoms with Crippen molar-refractivity contribution in [2.45, 2.75) is 18.6 Å². The lowest BCUT2D eigenvalue weighted by atomic mass is 10.1. The van der Waals surface area contributed by atoms with Crippen molar-refractivity contribution >= 4 is 6.47 Å². The monoisotopic (exact) mass is 196 g/mol. The molecule has 0 aromatic heterocycles. The Bertz CT molecular complexity index is 311. The van der Waals surface area contributed by atoms with Crippen molar-refractivity contribution in [1.29, 1.82) is 0 Å². The number of fused-ring (bicyclic) bond motifs is 1. The van der Waals surface area contributed by atoms with Crippen LogP contribution in [0.3, 0.4) is 0 Å². The molecule has 2 rings (SSSR count). The van der Waals surface area contributed by atoms with Crippen molar-refractivity contribution in [3.63, 3.8) is 0 Å². The minimum absolute atomic E-state index is 0.250. The number of carbonyl (C=O) groups is 1. The molecule has 3 N–H and O–H groups in total. The molecule has 0 heterocycles. The molecule has 0 spiro atoms. The third-order valence-electron chi connectivity index (χ3n) is 2.17. The molecule has 1 aliphatic rings. The van der Waals surface area contributed by atoms with Crippen LogP contribution in [0.15, 0.2) is 24.3 Å². The zero-order valence-electron chi connectivity index (χ0n) is 7.50. The molecule has 0 saturated heterocycles. The quantitative estimate of drug-likeness (QED) is 0.523. The fraction of sp³-hybridized carbons (Fsp3) is 0.300. The van der Waals surface area contributed by atoms with Gasteiger partial charge in [0.05, 0.1) is 6.10 Å². The van der Waals surface area contributed by atoms with E-state index in [-0.39, 0.29) is 6.47 Å². The van der Waals surface area contributed by atoms with Gasteiger partial charge in [0, 0.05) is 6.42 Å². The summed E-state index contributed by atoms with van der Waals surface area (Å²) in [5.41, 5.74) is 1.94. The summed E-state index contributed by atoms with van der Waals surface area (Å²) in [6.45, 7) is -0.250. The van der Waals surface area contributed by atoms with Gasteiger partial charge in [0.15, 0.2) is 0 Å². The van der Waals surface area contributed by atoms with E-state index in [1.807, 2.05) is 24.3 Å². The van der Waals surface area contributed by atoms with E-state index in [4.69, 9.17) is 9.90 Å². The number of hydrogen-bond donors (Lipinski definition) is 3. The van der Waals surface area contributed by atoms with Crippen molar-refractivity contribution in [3.05, 3.63) is 35.4 Å². The molecule has 0 amide bonds. The van der Waals surface area contributed by atoms with Gasteiger partial charge in [-0.15, -0.1) is 0 Å². The second-order valence-electron chi connectivity index (χ2n) is 3.02. The average molecular weight is 196 g/mol. The van der Waals surface area contributed by atoms with E-state index in [2.05, 4.69) is 0 Å². The molecule has 1 aliphatic carbocycles. The van der Waals surface area contributed by atoms with E-state index in [1.54, 1.807) is 0 Å². The van der Waals surface area contributed by atoms with Gasteiger partial charge in [0.1, 0.15) is 6.10 Å². The van der Waals surface area contributed by atoms with Crippen LogP contribution >= 0.6 is 0 Å². The summed E-state index contributed by atoms with van der Waals surface area (Å²) >= 11 is 0. The van der Waals surface area contributed by atoms with Crippen molar-refractivity contribution in [3.8, 4) is 0 Å². The number of aliphatic hydroxyl groups excluding tert-OH is 2. The lowest BCUT2D eigenvalue weighted by Gasteiger charge is -2.06. The van der Waals surface area contributed by atoms with Gasteiger partial charge in [-0.3, -0.25) is 4.79 Å². The summed E-state index contributed by atoms with van der Waals surface area (Å²) in [6.07, 6.45) is -0.698. The van der Waals surface area contributed by atoms with Crippen molar-refractivity contribution in [2.75, 3.05) is 0 Å². The molecule has 0 bridgehead atoms. The fourth-order valence-electron chi connectivity index (χ4n) is 1.55. The zero-order chi connectivity index (χ0) is 10.6. The van der Waals surface area contributed by atoms with Crippen LogP contribution in [0.1, 0.15) is 17.2 Å². The normalized spacial score (nSPS) is 23.3. The van der Waals surface area contributed by atoms with Crippen LogP contribution in [0.5, 0.6) is 0 Å². The van der Waals surface area contributed by atoms with Crippen LogP contribution in [0.2, 0.25) is 0 Å². The summed E-state index contributed by atoms with van der Waals surface area (Å²) in [5, 5.41) is 25.6. The molecule has 0 saturated carbocycles. The van der Waals surface area contributed by atoms with Gasteiger partial charge in [-0.05, 0) is 11.1 Å².